The lowest BCUT2D eigenvalue weighted by molar-refractivity contribution is -0.138. The molecule has 0 bridgehead atoms. The van der Waals surface area contributed by atoms with Crippen molar-refractivity contribution < 1.29 is 14.3 Å². The maximum absolute atomic E-state index is 13.9. The van der Waals surface area contributed by atoms with E-state index < -0.39 is 6.04 Å². The molecule has 0 radical (unpaired) electrons. The Bertz CT molecular complexity index is 1060. The SMILES string of the molecule is CC(C)C[C@H](C(=O)N[C@@H](Cc1ccc(OCc2ccccc2)cc1)C(=O)N1CCCCC1)N(C)CC1CCCCC1. The second-order valence-corrected chi connectivity index (χ2v) is 12.7. The van der Waals surface area contributed by atoms with Crippen molar-refractivity contribution >= 4 is 11.8 Å². The molecule has 224 valence electrons. The molecule has 6 heteroatoms. The molecule has 41 heavy (non-hydrogen) atoms. The number of rotatable bonds is 13. The highest BCUT2D eigenvalue weighted by atomic mass is 16.5. The van der Waals surface area contributed by atoms with Crippen LogP contribution < -0.4 is 10.1 Å². The van der Waals surface area contributed by atoms with Crippen LogP contribution in [0.1, 0.15) is 82.8 Å². The maximum Gasteiger partial charge on any atom is 0.245 e. The Hall–Kier alpha value is -2.86. The van der Waals surface area contributed by atoms with Crippen molar-refractivity contribution in [2.75, 3.05) is 26.7 Å². The zero-order valence-corrected chi connectivity index (χ0v) is 25.5. The highest BCUT2D eigenvalue weighted by Gasteiger charge is 2.32. The van der Waals surface area contributed by atoms with E-state index in [0.29, 0.717) is 24.9 Å². The van der Waals surface area contributed by atoms with Crippen molar-refractivity contribution in [1.29, 1.82) is 0 Å². The number of benzene rings is 2. The van der Waals surface area contributed by atoms with Crippen LogP contribution in [0.25, 0.3) is 0 Å². The molecule has 1 saturated carbocycles. The second-order valence-electron chi connectivity index (χ2n) is 12.7. The monoisotopic (exact) mass is 561 g/mol. The molecule has 4 rings (SSSR count). The van der Waals surface area contributed by atoms with Crippen LogP contribution in [0, 0.1) is 11.8 Å². The van der Waals surface area contributed by atoms with Gasteiger partial charge in [-0.3, -0.25) is 14.5 Å². The van der Waals surface area contributed by atoms with Gasteiger partial charge in [0.1, 0.15) is 18.4 Å². The zero-order chi connectivity index (χ0) is 29.0. The van der Waals surface area contributed by atoms with E-state index in [1.165, 1.54) is 32.1 Å². The standard InChI is InChI=1S/C35H51N3O3/c1-27(2)23-33(37(3)25-29-13-7-4-8-14-29)34(39)36-32(35(40)38-21-11-6-12-22-38)24-28-17-19-31(20-18-28)41-26-30-15-9-5-10-16-30/h5,9-10,15-20,27,29,32-33H,4,6-8,11-14,21-26H2,1-3H3,(H,36,39)/t32-,33+/m0/s1. The third-order valence-electron chi connectivity index (χ3n) is 8.69. The summed E-state index contributed by atoms with van der Waals surface area (Å²) in [5.41, 5.74) is 2.14. The summed E-state index contributed by atoms with van der Waals surface area (Å²) in [6.07, 6.45) is 10.9. The Labute approximate surface area is 247 Å². The van der Waals surface area contributed by atoms with E-state index in [1.807, 2.05) is 59.5 Å². The first-order chi connectivity index (χ1) is 19.9. The van der Waals surface area contributed by atoms with E-state index in [-0.39, 0.29) is 17.9 Å². The number of likely N-dealkylation sites (tertiary alicyclic amines) is 1. The minimum absolute atomic E-state index is 0.0183. The van der Waals surface area contributed by atoms with E-state index in [1.54, 1.807) is 0 Å². The number of hydrogen-bond acceptors (Lipinski definition) is 4. The van der Waals surface area contributed by atoms with Gasteiger partial charge in [-0.25, -0.2) is 0 Å². The van der Waals surface area contributed by atoms with Crippen molar-refractivity contribution in [2.24, 2.45) is 11.8 Å². The largest absolute Gasteiger partial charge is 0.489 e. The van der Waals surface area contributed by atoms with Crippen LogP contribution in [0.15, 0.2) is 54.6 Å². The highest BCUT2D eigenvalue weighted by Crippen LogP contribution is 2.26. The van der Waals surface area contributed by atoms with E-state index in [4.69, 9.17) is 4.74 Å². The molecule has 1 saturated heterocycles. The first kappa shape index (κ1) is 31.1. The summed E-state index contributed by atoms with van der Waals surface area (Å²) in [4.78, 5) is 31.9. The summed E-state index contributed by atoms with van der Waals surface area (Å²) < 4.78 is 5.97. The lowest BCUT2D eigenvalue weighted by Gasteiger charge is -2.35. The molecule has 2 atom stereocenters. The van der Waals surface area contributed by atoms with Crippen molar-refractivity contribution in [3.63, 3.8) is 0 Å². The van der Waals surface area contributed by atoms with E-state index in [9.17, 15) is 9.59 Å². The van der Waals surface area contributed by atoms with Crippen LogP contribution in [-0.2, 0) is 22.6 Å². The Morgan fingerprint density at radius 3 is 2.22 bits per heavy atom. The van der Waals surface area contributed by atoms with Gasteiger partial charge in [0.2, 0.25) is 11.8 Å². The number of amides is 2. The third-order valence-corrected chi connectivity index (χ3v) is 8.69. The van der Waals surface area contributed by atoms with Gasteiger partial charge >= 0.3 is 0 Å². The molecule has 2 fully saturated rings. The summed E-state index contributed by atoms with van der Waals surface area (Å²) in [5, 5.41) is 3.24. The van der Waals surface area contributed by atoms with E-state index >= 15 is 0 Å². The topological polar surface area (TPSA) is 61.9 Å². The molecule has 2 amide bonds. The Balaban J connectivity index is 1.44. The molecule has 1 N–H and O–H groups in total. The van der Waals surface area contributed by atoms with Gasteiger partial charge in [0.15, 0.2) is 0 Å². The lowest BCUT2D eigenvalue weighted by atomic mass is 9.88. The molecule has 1 aliphatic carbocycles. The number of ether oxygens (including phenoxy) is 1. The number of nitrogens with one attached hydrogen (secondary N) is 1. The van der Waals surface area contributed by atoms with Crippen LogP contribution >= 0.6 is 0 Å². The number of carbonyl (C=O) groups excluding carboxylic acids is 2. The molecule has 2 aromatic carbocycles. The van der Waals surface area contributed by atoms with Gasteiger partial charge in [0.05, 0.1) is 6.04 Å². The summed E-state index contributed by atoms with van der Waals surface area (Å²) in [6, 6.07) is 17.3. The first-order valence-electron chi connectivity index (χ1n) is 15.9. The number of piperidine rings is 1. The van der Waals surface area contributed by atoms with Gasteiger partial charge in [-0.2, -0.15) is 0 Å². The van der Waals surface area contributed by atoms with Crippen LogP contribution in [0.2, 0.25) is 0 Å². The molecular formula is C35H51N3O3. The predicted molar refractivity (Wildman–Crippen MR) is 166 cm³/mol. The molecule has 2 aromatic rings. The first-order valence-corrected chi connectivity index (χ1v) is 15.9. The average molecular weight is 562 g/mol. The summed E-state index contributed by atoms with van der Waals surface area (Å²) in [7, 11) is 2.09. The molecule has 0 aromatic heterocycles. The highest BCUT2D eigenvalue weighted by molar-refractivity contribution is 5.90. The smallest absolute Gasteiger partial charge is 0.245 e. The fourth-order valence-electron chi connectivity index (χ4n) is 6.34. The lowest BCUT2D eigenvalue weighted by Crippen LogP contribution is -2.56. The van der Waals surface area contributed by atoms with Gasteiger partial charge in [0.25, 0.3) is 0 Å². The van der Waals surface area contributed by atoms with Crippen LogP contribution in [0.4, 0.5) is 0 Å². The van der Waals surface area contributed by atoms with Crippen LogP contribution in [-0.4, -0.2) is 60.4 Å². The zero-order valence-electron chi connectivity index (χ0n) is 25.5. The molecular weight excluding hydrogens is 510 g/mol. The Morgan fingerprint density at radius 2 is 1.56 bits per heavy atom. The van der Waals surface area contributed by atoms with Gasteiger partial charge < -0.3 is 15.0 Å². The summed E-state index contributed by atoms with van der Waals surface area (Å²) in [6.45, 7) is 7.35. The number of carbonyl (C=O) groups is 2. The second kappa shape index (κ2) is 16.0. The van der Waals surface area contributed by atoms with Gasteiger partial charge in [-0.1, -0.05) is 75.6 Å². The molecule has 6 nitrogen and oxygen atoms in total. The van der Waals surface area contributed by atoms with Gasteiger partial charge in [0, 0.05) is 26.1 Å². The minimum atomic E-state index is -0.575. The quantitative estimate of drug-likeness (QED) is 0.315. The van der Waals surface area contributed by atoms with Crippen molar-refractivity contribution in [2.45, 2.75) is 96.7 Å². The Morgan fingerprint density at radius 1 is 0.902 bits per heavy atom. The molecule has 2 aliphatic rings. The van der Waals surface area contributed by atoms with Crippen LogP contribution in [0.5, 0.6) is 5.75 Å². The third kappa shape index (κ3) is 9.88. The van der Waals surface area contributed by atoms with Crippen LogP contribution in [0.3, 0.4) is 0 Å². The van der Waals surface area contributed by atoms with Crippen molar-refractivity contribution in [3.8, 4) is 5.75 Å². The number of likely N-dealkylation sites (N-methyl/N-ethyl adjacent to an activating group) is 1. The van der Waals surface area contributed by atoms with E-state index in [0.717, 1.165) is 62.2 Å². The normalized spacial score (nSPS) is 17.8. The molecule has 1 heterocycles. The predicted octanol–water partition coefficient (Wildman–Crippen LogP) is 6.23. The van der Waals surface area contributed by atoms with Crippen molar-refractivity contribution in [3.05, 3.63) is 65.7 Å². The molecule has 0 spiro atoms. The van der Waals surface area contributed by atoms with E-state index in [2.05, 4.69) is 31.1 Å². The fourth-order valence-corrected chi connectivity index (χ4v) is 6.34. The van der Waals surface area contributed by atoms with Gasteiger partial charge in [-0.15, -0.1) is 0 Å². The summed E-state index contributed by atoms with van der Waals surface area (Å²) >= 11 is 0. The number of hydrogen-bond donors (Lipinski definition) is 1. The summed E-state index contributed by atoms with van der Waals surface area (Å²) in [5.74, 6) is 1.86. The molecule has 1 aliphatic heterocycles. The average Bonchev–Trinajstić information content (AvgIpc) is 3.00. The minimum Gasteiger partial charge on any atom is -0.489 e. The maximum atomic E-state index is 13.9. The number of nitrogens with zero attached hydrogens (tertiary/aromatic N) is 2. The fraction of sp³-hybridized carbons (Fsp3) is 0.600. The van der Waals surface area contributed by atoms with Crippen molar-refractivity contribution in [1.82, 2.24) is 15.1 Å². The molecule has 0 unspecified atom stereocenters. The Kier molecular flexibility index (Phi) is 12.1. The van der Waals surface area contributed by atoms with Gasteiger partial charge in [-0.05, 0) is 80.7 Å².